The van der Waals surface area contributed by atoms with Crippen LogP contribution in [0.2, 0.25) is 0 Å². The summed E-state index contributed by atoms with van der Waals surface area (Å²) in [4.78, 5) is 2.32. The number of rotatable bonds is 7. The van der Waals surface area contributed by atoms with Crippen LogP contribution in [0.1, 0.15) is 0 Å². The first-order valence-electron chi connectivity index (χ1n) is 21.6. The molecule has 0 bridgehead atoms. The molecule has 10 aromatic carbocycles. The normalized spacial score (nSPS) is 11.8. The van der Waals surface area contributed by atoms with E-state index in [1.165, 1.54) is 11.1 Å². The molecule has 0 saturated carbocycles. The lowest BCUT2D eigenvalue weighted by Crippen LogP contribution is -2.09. The van der Waals surface area contributed by atoms with Crippen LogP contribution in [0.4, 0.5) is 17.1 Å². The zero-order valence-electron chi connectivity index (χ0n) is 34.5. The van der Waals surface area contributed by atoms with Crippen molar-refractivity contribution < 1.29 is 13.3 Å². The fourth-order valence-electron chi connectivity index (χ4n) is 9.43. The summed E-state index contributed by atoms with van der Waals surface area (Å²) in [7, 11) is 0. The number of anilines is 3. The molecular formula is C60H37NO3. The number of fused-ring (bicyclic) bond motifs is 9. The third-order valence-electron chi connectivity index (χ3n) is 12.7. The van der Waals surface area contributed by atoms with Gasteiger partial charge in [0, 0.05) is 49.4 Å². The van der Waals surface area contributed by atoms with Crippen molar-refractivity contribution in [1.29, 1.82) is 0 Å². The van der Waals surface area contributed by atoms with Crippen LogP contribution in [0.15, 0.2) is 238 Å². The van der Waals surface area contributed by atoms with Crippen molar-refractivity contribution in [3.05, 3.63) is 224 Å². The van der Waals surface area contributed by atoms with E-state index in [1.54, 1.807) is 0 Å². The Hall–Kier alpha value is -8.60. The van der Waals surface area contributed by atoms with Crippen LogP contribution >= 0.6 is 0 Å². The molecule has 0 N–H and O–H groups in total. The lowest BCUT2D eigenvalue weighted by Gasteiger charge is -2.26. The molecule has 0 aliphatic rings. The minimum atomic E-state index is 0.892. The summed E-state index contributed by atoms with van der Waals surface area (Å²) in [5, 5.41) is 6.80. The maximum absolute atomic E-state index is 6.24. The molecule has 300 valence electrons. The van der Waals surface area contributed by atoms with E-state index in [0.29, 0.717) is 0 Å². The van der Waals surface area contributed by atoms with Gasteiger partial charge < -0.3 is 18.2 Å². The number of benzene rings is 10. The van der Waals surface area contributed by atoms with Gasteiger partial charge in [0.05, 0.1) is 0 Å². The first-order chi connectivity index (χ1) is 31.7. The Bertz CT molecular complexity index is 3710. The highest BCUT2D eigenvalue weighted by atomic mass is 16.3. The summed E-state index contributed by atoms with van der Waals surface area (Å²) in [5.74, 6) is 0. The third kappa shape index (κ3) is 6.07. The minimum absolute atomic E-state index is 0.892. The Balaban J connectivity index is 0.832. The monoisotopic (exact) mass is 819 g/mol. The topological polar surface area (TPSA) is 42.7 Å². The van der Waals surface area contributed by atoms with Gasteiger partial charge >= 0.3 is 0 Å². The van der Waals surface area contributed by atoms with Crippen molar-refractivity contribution >= 4 is 82.9 Å². The lowest BCUT2D eigenvalue weighted by atomic mass is 9.98. The molecule has 64 heavy (non-hydrogen) atoms. The molecule has 0 radical (unpaired) electrons. The smallest absolute Gasteiger partial charge is 0.136 e. The van der Waals surface area contributed by atoms with Crippen molar-refractivity contribution in [2.45, 2.75) is 0 Å². The molecular weight excluding hydrogens is 783 g/mol. The van der Waals surface area contributed by atoms with Crippen LogP contribution in [-0.2, 0) is 0 Å². The van der Waals surface area contributed by atoms with Gasteiger partial charge in [-0.1, -0.05) is 133 Å². The van der Waals surface area contributed by atoms with Gasteiger partial charge in [0.15, 0.2) is 0 Å². The average molecular weight is 820 g/mol. The molecule has 0 aliphatic carbocycles. The van der Waals surface area contributed by atoms with Crippen molar-refractivity contribution in [1.82, 2.24) is 0 Å². The molecule has 0 unspecified atom stereocenters. The van der Waals surface area contributed by atoms with Crippen LogP contribution < -0.4 is 4.90 Å². The minimum Gasteiger partial charge on any atom is -0.456 e. The average Bonchev–Trinajstić information content (AvgIpc) is 4.05. The fraction of sp³-hybridized carbons (Fsp3) is 0. The number of furan rings is 3. The maximum atomic E-state index is 6.24. The standard InChI is InChI=1S/C60H37NO3/c1-4-10-55-49(7-1)52-32-23-44(36-59(52)63-55)41-19-28-47(29-20-41)61(48-30-21-42(22-31-48)45-24-33-53-50-8-2-5-11-56(50)64-60(53)37-45)46-26-17-39(18-27-46)38-13-15-40(16-14-38)43-25-34-58-54(35-43)51-9-3-6-12-57(51)62-58/h1-37H. The van der Waals surface area contributed by atoms with Gasteiger partial charge in [-0.15, -0.1) is 0 Å². The first kappa shape index (κ1) is 36.1. The van der Waals surface area contributed by atoms with Crippen molar-refractivity contribution in [3.63, 3.8) is 0 Å². The molecule has 4 nitrogen and oxygen atoms in total. The van der Waals surface area contributed by atoms with E-state index in [-0.39, 0.29) is 0 Å². The Labute approximate surface area is 368 Å². The summed E-state index contributed by atoms with van der Waals surface area (Å²) >= 11 is 0. The molecule has 0 aliphatic heterocycles. The van der Waals surface area contributed by atoms with E-state index >= 15 is 0 Å². The molecule has 0 fully saturated rings. The highest BCUT2D eigenvalue weighted by Crippen LogP contribution is 2.40. The second-order valence-corrected chi connectivity index (χ2v) is 16.5. The highest BCUT2D eigenvalue weighted by molar-refractivity contribution is 6.08. The van der Waals surface area contributed by atoms with Gasteiger partial charge in [0.25, 0.3) is 0 Å². The number of hydrogen-bond donors (Lipinski definition) is 0. The van der Waals surface area contributed by atoms with Crippen molar-refractivity contribution in [3.8, 4) is 44.5 Å². The van der Waals surface area contributed by atoms with E-state index in [4.69, 9.17) is 13.3 Å². The van der Waals surface area contributed by atoms with Gasteiger partial charge in [0.1, 0.15) is 33.5 Å². The van der Waals surface area contributed by atoms with E-state index in [2.05, 4.69) is 193 Å². The summed E-state index contributed by atoms with van der Waals surface area (Å²) < 4.78 is 18.6. The van der Waals surface area contributed by atoms with E-state index in [9.17, 15) is 0 Å². The van der Waals surface area contributed by atoms with Crippen LogP contribution in [0.3, 0.4) is 0 Å². The van der Waals surface area contributed by atoms with Gasteiger partial charge in [-0.2, -0.15) is 0 Å². The Morgan fingerprint density at radius 3 is 0.922 bits per heavy atom. The molecule has 0 saturated heterocycles. The summed E-state index contributed by atoms with van der Waals surface area (Å²) in [5.41, 5.74) is 17.7. The first-order valence-corrected chi connectivity index (χ1v) is 21.6. The number of hydrogen-bond acceptors (Lipinski definition) is 4. The Morgan fingerprint density at radius 1 is 0.203 bits per heavy atom. The van der Waals surface area contributed by atoms with Crippen molar-refractivity contribution in [2.75, 3.05) is 4.90 Å². The van der Waals surface area contributed by atoms with Gasteiger partial charge in [0.2, 0.25) is 0 Å². The quantitative estimate of drug-likeness (QED) is 0.161. The largest absolute Gasteiger partial charge is 0.456 e. The van der Waals surface area contributed by atoms with E-state index in [1.807, 2.05) is 36.4 Å². The molecule has 0 amide bonds. The van der Waals surface area contributed by atoms with E-state index in [0.717, 1.165) is 116 Å². The molecule has 13 rings (SSSR count). The Kier molecular flexibility index (Phi) is 8.18. The zero-order chi connectivity index (χ0) is 42.1. The van der Waals surface area contributed by atoms with Crippen molar-refractivity contribution in [2.24, 2.45) is 0 Å². The lowest BCUT2D eigenvalue weighted by molar-refractivity contribution is 0.668. The molecule has 3 aromatic heterocycles. The maximum Gasteiger partial charge on any atom is 0.136 e. The fourth-order valence-corrected chi connectivity index (χ4v) is 9.43. The highest BCUT2D eigenvalue weighted by Gasteiger charge is 2.16. The van der Waals surface area contributed by atoms with Crippen LogP contribution in [0.25, 0.3) is 110 Å². The zero-order valence-corrected chi connectivity index (χ0v) is 34.5. The Morgan fingerprint density at radius 2 is 0.484 bits per heavy atom. The third-order valence-corrected chi connectivity index (χ3v) is 12.7. The summed E-state index contributed by atoms with van der Waals surface area (Å²) in [6.45, 7) is 0. The van der Waals surface area contributed by atoms with Gasteiger partial charge in [-0.3, -0.25) is 0 Å². The van der Waals surface area contributed by atoms with Crippen LogP contribution in [0.5, 0.6) is 0 Å². The second-order valence-electron chi connectivity index (χ2n) is 16.5. The molecule has 3 heterocycles. The molecule has 13 aromatic rings. The SMILES string of the molecule is c1ccc2c(c1)oc1cc(-c3ccc(N(c4ccc(-c5ccc(-c6ccc7oc8ccccc8c7c6)cc5)cc4)c4ccc(-c5ccc6c(c5)oc5ccccc56)cc4)cc3)ccc12. The number of nitrogens with zero attached hydrogens (tertiary/aromatic N) is 1. The number of para-hydroxylation sites is 3. The van der Waals surface area contributed by atoms with Gasteiger partial charge in [-0.25, -0.2) is 0 Å². The second kappa shape index (κ2) is 14.5. The summed E-state index contributed by atoms with van der Waals surface area (Å²) in [6.07, 6.45) is 0. The van der Waals surface area contributed by atoms with Crippen LogP contribution in [-0.4, -0.2) is 0 Å². The van der Waals surface area contributed by atoms with Crippen LogP contribution in [0, 0.1) is 0 Å². The van der Waals surface area contributed by atoms with Gasteiger partial charge in [-0.05, 0) is 136 Å². The predicted molar refractivity (Wildman–Crippen MR) is 265 cm³/mol. The summed E-state index contributed by atoms with van der Waals surface area (Å²) in [6, 6.07) is 79.4. The molecule has 0 atom stereocenters. The molecule has 4 heteroatoms. The predicted octanol–water partition coefficient (Wildman–Crippen LogP) is 17.5. The molecule has 0 spiro atoms. The van der Waals surface area contributed by atoms with E-state index < -0.39 is 0 Å².